The van der Waals surface area contributed by atoms with Crippen LogP contribution < -0.4 is 11.1 Å². The normalized spacial score (nSPS) is 16.7. The second-order valence-corrected chi connectivity index (χ2v) is 6.38. The van der Waals surface area contributed by atoms with Crippen LogP contribution in [0.1, 0.15) is 39.1 Å². The van der Waals surface area contributed by atoms with Gasteiger partial charge in [-0.3, -0.25) is 9.59 Å². The van der Waals surface area contributed by atoms with Crippen LogP contribution in [-0.2, 0) is 0 Å². The van der Waals surface area contributed by atoms with Crippen LogP contribution in [0.2, 0.25) is 0 Å². The lowest BCUT2D eigenvalue weighted by atomic mass is 10.1. The summed E-state index contributed by atoms with van der Waals surface area (Å²) in [7, 11) is 0. The molecule has 3 rings (SSSR count). The fraction of sp³-hybridized carbons (Fsp3) is 0.300. The van der Waals surface area contributed by atoms with Gasteiger partial charge in [-0.15, -0.1) is 0 Å². The number of amides is 2. The summed E-state index contributed by atoms with van der Waals surface area (Å²) in [5.41, 5.74) is 8.51. The number of nitrogens with zero attached hydrogens (tertiary/aromatic N) is 1. The standard InChI is InChI=1S/C20H23N3O2/c1-14-9-10-16(20(25)23-11-5-8-17(23)13-21)12-18(14)22-19(24)15-6-3-2-4-7-15/h2-4,6-7,9-10,12,17H,5,8,11,13,21H2,1H3,(H,22,24). The van der Waals surface area contributed by atoms with Crippen LogP contribution in [0.3, 0.4) is 0 Å². The van der Waals surface area contributed by atoms with Gasteiger partial charge in [0.25, 0.3) is 11.8 Å². The van der Waals surface area contributed by atoms with E-state index in [2.05, 4.69) is 5.32 Å². The number of likely N-dealkylation sites (tertiary alicyclic amines) is 1. The summed E-state index contributed by atoms with van der Waals surface area (Å²) in [6, 6.07) is 14.6. The molecule has 0 aliphatic carbocycles. The van der Waals surface area contributed by atoms with Crippen molar-refractivity contribution in [2.75, 3.05) is 18.4 Å². The van der Waals surface area contributed by atoms with E-state index < -0.39 is 0 Å². The molecule has 0 radical (unpaired) electrons. The van der Waals surface area contributed by atoms with Crippen molar-refractivity contribution >= 4 is 17.5 Å². The average Bonchev–Trinajstić information content (AvgIpc) is 3.12. The topological polar surface area (TPSA) is 75.4 Å². The zero-order chi connectivity index (χ0) is 17.8. The first kappa shape index (κ1) is 17.2. The van der Waals surface area contributed by atoms with Crippen LogP contribution in [0.5, 0.6) is 0 Å². The van der Waals surface area contributed by atoms with Crippen LogP contribution >= 0.6 is 0 Å². The molecular formula is C20H23N3O2. The number of hydrogen-bond donors (Lipinski definition) is 2. The number of carbonyl (C=O) groups excluding carboxylic acids is 2. The fourth-order valence-corrected chi connectivity index (χ4v) is 3.19. The maximum Gasteiger partial charge on any atom is 0.255 e. The molecule has 1 aliphatic rings. The molecule has 25 heavy (non-hydrogen) atoms. The number of rotatable bonds is 4. The van der Waals surface area contributed by atoms with Crippen molar-refractivity contribution in [2.24, 2.45) is 5.73 Å². The third kappa shape index (κ3) is 3.72. The molecule has 0 bridgehead atoms. The van der Waals surface area contributed by atoms with Gasteiger partial charge >= 0.3 is 0 Å². The number of benzene rings is 2. The van der Waals surface area contributed by atoms with Crippen molar-refractivity contribution in [3.63, 3.8) is 0 Å². The summed E-state index contributed by atoms with van der Waals surface area (Å²) in [5, 5.41) is 2.90. The first-order chi connectivity index (χ1) is 12.1. The minimum atomic E-state index is -0.186. The number of hydrogen-bond acceptors (Lipinski definition) is 3. The Morgan fingerprint density at radius 2 is 1.92 bits per heavy atom. The van der Waals surface area contributed by atoms with E-state index in [9.17, 15) is 9.59 Å². The van der Waals surface area contributed by atoms with E-state index in [-0.39, 0.29) is 17.9 Å². The number of aryl methyl sites for hydroxylation is 1. The van der Waals surface area contributed by atoms with Crippen LogP contribution in [0.4, 0.5) is 5.69 Å². The van der Waals surface area contributed by atoms with Crippen molar-refractivity contribution in [3.05, 3.63) is 65.2 Å². The minimum Gasteiger partial charge on any atom is -0.334 e. The Labute approximate surface area is 147 Å². The molecule has 1 unspecified atom stereocenters. The highest BCUT2D eigenvalue weighted by Gasteiger charge is 2.28. The van der Waals surface area contributed by atoms with Gasteiger partial charge in [0.05, 0.1) is 0 Å². The highest BCUT2D eigenvalue weighted by atomic mass is 16.2. The van der Waals surface area contributed by atoms with Gasteiger partial charge in [0.15, 0.2) is 0 Å². The average molecular weight is 337 g/mol. The fourth-order valence-electron chi connectivity index (χ4n) is 3.19. The lowest BCUT2D eigenvalue weighted by Gasteiger charge is -2.24. The van der Waals surface area contributed by atoms with Crippen molar-refractivity contribution < 1.29 is 9.59 Å². The van der Waals surface area contributed by atoms with Crippen LogP contribution in [0, 0.1) is 6.92 Å². The molecule has 2 aromatic rings. The lowest BCUT2D eigenvalue weighted by Crippen LogP contribution is -2.39. The van der Waals surface area contributed by atoms with Crippen LogP contribution in [0.15, 0.2) is 48.5 Å². The zero-order valence-electron chi connectivity index (χ0n) is 14.4. The van der Waals surface area contributed by atoms with Gasteiger partial charge in [-0.2, -0.15) is 0 Å². The summed E-state index contributed by atoms with van der Waals surface area (Å²) in [6.07, 6.45) is 1.93. The summed E-state index contributed by atoms with van der Waals surface area (Å²) < 4.78 is 0. The van der Waals surface area contributed by atoms with Gasteiger partial charge in [-0.1, -0.05) is 24.3 Å². The monoisotopic (exact) mass is 337 g/mol. The summed E-state index contributed by atoms with van der Waals surface area (Å²) >= 11 is 0. The van der Waals surface area contributed by atoms with E-state index in [0.717, 1.165) is 24.9 Å². The Bertz CT molecular complexity index is 774. The summed E-state index contributed by atoms with van der Waals surface area (Å²) in [6.45, 7) is 3.13. The zero-order valence-corrected chi connectivity index (χ0v) is 14.4. The van der Waals surface area contributed by atoms with Crippen molar-refractivity contribution in [1.82, 2.24) is 4.90 Å². The van der Waals surface area contributed by atoms with Gasteiger partial charge in [0.2, 0.25) is 0 Å². The minimum absolute atomic E-state index is 0.0249. The highest BCUT2D eigenvalue weighted by molar-refractivity contribution is 6.05. The van der Waals surface area contributed by atoms with E-state index in [4.69, 9.17) is 5.73 Å². The SMILES string of the molecule is Cc1ccc(C(=O)N2CCCC2CN)cc1NC(=O)c1ccccc1. The molecule has 1 aliphatic heterocycles. The predicted octanol–water partition coefficient (Wildman–Crippen LogP) is 2.81. The molecule has 1 atom stereocenters. The highest BCUT2D eigenvalue weighted by Crippen LogP contribution is 2.23. The van der Waals surface area contributed by atoms with E-state index in [1.54, 1.807) is 18.2 Å². The Morgan fingerprint density at radius 1 is 1.16 bits per heavy atom. The molecule has 5 nitrogen and oxygen atoms in total. The number of nitrogens with one attached hydrogen (secondary N) is 1. The molecular weight excluding hydrogens is 314 g/mol. The number of nitrogens with two attached hydrogens (primary N) is 1. The van der Waals surface area contributed by atoms with Gasteiger partial charge in [-0.25, -0.2) is 0 Å². The Kier molecular flexibility index (Phi) is 5.14. The maximum absolute atomic E-state index is 12.8. The smallest absolute Gasteiger partial charge is 0.255 e. The Morgan fingerprint density at radius 3 is 2.64 bits per heavy atom. The maximum atomic E-state index is 12.8. The van der Waals surface area contributed by atoms with Crippen molar-refractivity contribution in [3.8, 4) is 0 Å². The Balaban J connectivity index is 1.81. The van der Waals surface area contributed by atoms with E-state index in [1.165, 1.54) is 0 Å². The molecule has 0 saturated carbocycles. The van der Waals surface area contributed by atoms with E-state index >= 15 is 0 Å². The van der Waals surface area contributed by atoms with Crippen molar-refractivity contribution in [2.45, 2.75) is 25.8 Å². The summed E-state index contributed by atoms with van der Waals surface area (Å²) in [4.78, 5) is 27.0. The van der Waals surface area contributed by atoms with Crippen LogP contribution in [0.25, 0.3) is 0 Å². The summed E-state index contributed by atoms with van der Waals surface area (Å²) in [5.74, 6) is -0.211. The van der Waals surface area contributed by atoms with Crippen LogP contribution in [-0.4, -0.2) is 35.8 Å². The van der Waals surface area contributed by atoms with E-state index in [1.807, 2.05) is 42.2 Å². The van der Waals surface area contributed by atoms with Gasteiger partial charge in [-0.05, 0) is 49.6 Å². The van der Waals surface area contributed by atoms with Crippen molar-refractivity contribution in [1.29, 1.82) is 0 Å². The molecule has 2 aromatic carbocycles. The Hall–Kier alpha value is -2.66. The molecule has 2 amide bonds. The third-order valence-electron chi connectivity index (χ3n) is 4.68. The molecule has 5 heteroatoms. The largest absolute Gasteiger partial charge is 0.334 e. The predicted molar refractivity (Wildman–Crippen MR) is 98.7 cm³/mol. The number of carbonyl (C=O) groups is 2. The van der Waals surface area contributed by atoms with Gasteiger partial charge < -0.3 is 16.0 Å². The molecule has 0 spiro atoms. The first-order valence-corrected chi connectivity index (χ1v) is 8.58. The second-order valence-electron chi connectivity index (χ2n) is 6.38. The molecule has 1 heterocycles. The molecule has 1 fully saturated rings. The molecule has 0 aromatic heterocycles. The van der Waals surface area contributed by atoms with Gasteiger partial charge in [0.1, 0.15) is 0 Å². The first-order valence-electron chi connectivity index (χ1n) is 8.58. The second kappa shape index (κ2) is 7.49. The third-order valence-corrected chi connectivity index (χ3v) is 4.68. The molecule has 130 valence electrons. The quantitative estimate of drug-likeness (QED) is 0.901. The molecule has 3 N–H and O–H groups in total. The van der Waals surface area contributed by atoms with Gasteiger partial charge in [0, 0.05) is 35.9 Å². The van der Waals surface area contributed by atoms with E-state index in [0.29, 0.717) is 23.4 Å². The number of anilines is 1. The lowest BCUT2D eigenvalue weighted by molar-refractivity contribution is 0.0741. The molecule has 1 saturated heterocycles.